The molecule has 0 spiro atoms. The SMILES string of the molecule is CC(O)(C(=O)[O-])C(=O)CO. The van der Waals surface area contributed by atoms with Crippen molar-refractivity contribution in [1.82, 2.24) is 0 Å². The standard InChI is InChI=1S/C5H8O5/c1-5(10,4(8)9)3(7)2-6/h6,10H,2H2,1H3,(H,8,9)/p-1. The molecule has 2 N–H and O–H groups in total. The Morgan fingerprint density at radius 3 is 2.10 bits per heavy atom. The van der Waals surface area contributed by atoms with E-state index in [2.05, 4.69) is 0 Å². The molecule has 0 rings (SSSR count). The van der Waals surface area contributed by atoms with Crippen LogP contribution in [-0.4, -0.2) is 34.2 Å². The van der Waals surface area contributed by atoms with E-state index in [1.54, 1.807) is 0 Å². The first-order chi connectivity index (χ1) is 4.42. The van der Waals surface area contributed by atoms with E-state index in [9.17, 15) is 14.7 Å². The molecule has 1 unspecified atom stereocenters. The summed E-state index contributed by atoms with van der Waals surface area (Å²) in [6.45, 7) is -0.262. The minimum absolute atomic E-state index is 0.751. The first-order valence-corrected chi connectivity index (χ1v) is 2.51. The summed E-state index contributed by atoms with van der Waals surface area (Å²) >= 11 is 0. The molecule has 5 heteroatoms. The maximum absolute atomic E-state index is 10.4. The average Bonchev–Trinajstić information content (AvgIpc) is 1.86. The van der Waals surface area contributed by atoms with Crippen LogP contribution in [0.1, 0.15) is 6.92 Å². The second-order valence-electron chi connectivity index (χ2n) is 1.94. The third kappa shape index (κ3) is 1.52. The fourth-order valence-corrected chi connectivity index (χ4v) is 0.268. The summed E-state index contributed by atoms with van der Waals surface area (Å²) < 4.78 is 0. The monoisotopic (exact) mass is 147 g/mol. The molecule has 0 aromatic rings. The molecule has 0 saturated heterocycles. The lowest BCUT2D eigenvalue weighted by Crippen LogP contribution is -2.52. The zero-order chi connectivity index (χ0) is 8.36. The van der Waals surface area contributed by atoms with Crippen molar-refractivity contribution in [3.05, 3.63) is 0 Å². The molecule has 0 aromatic carbocycles. The van der Waals surface area contributed by atoms with Crippen molar-refractivity contribution in [2.75, 3.05) is 6.61 Å². The average molecular weight is 147 g/mol. The highest BCUT2D eigenvalue weighted by molar-refractivity contribution is 6.05. The predicted molar refractivity (Wildman–Crippen MR) is 27.7 cm³/mol. The van der Waals surface area contributed by atoms with Crippen LogP contribution >= 0.6 is 0 Å². The number of carboxylic acid groups (broad SMARTS) is 1. The Balaban J connectivity index is 4.40. The van der Waals surface area contributed by atoms with Crippen molar-refractivity contribution in [3.8, 4) is 0 Å². The van der Waals surface area contributed by atoms with Crippen LogP contribution in [0, 0.1) is 0 Å². The molecule has 0 fully saturated rings. The minimum atomic E-state index is -2.57. The van der Waals surface area contributed by atoms with Crippen molar-refractivity contribution < 1.29 is 24.9 Å². The number of Topliss-reactive ketones (excluding diaryl/α,β-unsaturated/α-hetero) is 1. The quantitative estimate of drug-likeness (QED) is 0.416. The second-order valence-corrected chi connectivity index (χ2v) is 1.94. The molecular formula is C5H7O5-. The van der Waals surface area contributed by atoms with Gasteiger partial charge < -0.3 is 20.1 Å². The minimum Gasteiger partial charge on any atom is -0.547 e. The molecule has 1 atom stereocenters. The molecule has 0 heterocycles. The van der Waals surface area contributed by atoms with E-state index in [1.165, 1.54) is 0 Å². The number of carbonyl (C=O) groups excluding carboxylic acids is 2. The van der Waals surface area contributed by atoms with Crippen LogP contribution < -0.4 is 5.11 Å². The maximum Gasteiger partial charge on any atom is 0.195 e. The molecule has 0 aliphatic carbocycles. The van der Waals surface area contributed by atoms with Gasteiger partial charge in [0.05, 0.1) is 5.97 Å². The van der Waals surface area contributed by atoms with Crippen LogP contribution in [0.15, 0.2) is 0 Å². The molecule has 0 saturated carbocycles. The van der Waals surface area contributed by atoms with E-state index in [1.807, 2.05) is 0 Å². The molecule has 0 aromatic heterocycles. The van der Waals surface area contributed by atoms with Crippen molar-refractivity contribution in [2.24, 2.45) is 0 Å². The first kappa shape index (κ1) is 9.06. The number of aliphatic hydroxyl groups excluding tert-OH is 1. The number of hydrogen-bond donors (Lipinski definition) is 2. The van der Waals surface area contributed by atoms with Crippen LogP contribution in [0.5, 0.6) is 0 Å². The number of carboxylic acids is 1. The summed E-state index contributed by atoms with van der Waals surface area (Å²) in [6, 6.07) is 0. The van der Waals surface area contributed by atoms with Gasteiger partial charge in [-0.2, -0.15) is 0 Å². The van der Waals surface area contributed by atoms with E-state index >= 15 is 0 Å². The number of rotatable bonds is 3. The lowest BCUT2D eigenvalue weighted by atomic mass is 10.0. The van der Waals surface area contributed by atoms with Crippen LogP contribution in [-0.2, 0) is 9.59 Å². The molecule has 0 aliphatic rings. The first-order valence-electron chi connectivity index (χ1n) is 2.51. The van der Waals surface area contributed by atoms with Gasteiger partial charge >= 0.3 is 0 Å². The molecular weight excluding hydrogens is 140 g/mol. The number of aliphatic hydroxyl groups is 2. The zero-order valence-electron chi connectivity index (χ0n) is 5.33. The maximum atomic E-state index is 10.4. The Labute approximate surface area is 56.9 Å². The number of carbonyl (C=O) groups is 2. The van der Waals surface area contributed by atoms with E-state index in [0.717, 1.165) is 6.92 Å². The fraction of sp³-hybridized carbons (Fsp3) is 0.600. The molecule has 0 aliphatic heterocycles. The summed E-state index contributed by atoms with van der Waals surface area (Å²) in [4.78, 5) is 20.3. The zero-order valence-corrected chi connectivity index (χ0v) is 5.33. The lowest BCUT2D eigenvalue weighted by Gasteiger charge is -2.20. The molecule has 0 amide bonds. The predicted octanol–water partition coefficient (Wildman–Crippen LogP) is -2.95. The van der Waals surface area contributed by atoms with Gasteiger partial charge in [-0.05, 0) is 6.92 Å². The van der Waals surface area contributed by atoms with Crippen molar-refractivity contribution in [2.45, 2.75) is 12.5 Å². The summed E-state index contributed by atoms with van der Waals surface area (Å²) in [7, 11) is 0. The highest BCUT2D eigenvalue weighted by Gasteiger charge is 2.30. The topological polar surface area (TPSA) is 97.7 Å². The van der Waals surface area contributed by atoms with E-state index in [4.69, 9.17) is 10.2 Å². The number of aliphatic carboxylic acids is 1. The van der Waals surface area contributed by atoms with Gasteiger partial charge in [0.25, 0.3) is 0 Å². The van der Waals surface area contributed by atoms with Crippen molar-refractivity contribution >= 4 is 11.8 Å². The Bertz CT molecular complexity index is 159. The number of ketones is 1. The van der Waals surface area contributed by atoms with Crippen molar-refractivity contribution in [3.63, 3.8) is 0 Å². The molecule has 5 nitrogen and oxygen atoms in total. The van der Waals surface area contributed by atoms with Gasteiger partial charge in [0, 0.05) is 0 Å². The van der Waals surface area contributed by atoms with Gasteiger partial charge in [-0.1, -0.05) is 0 Å². The highest BCUT2D eigenvalue weighted by atomic mass is 16.4. The van der Waals surface area contributed by atoms with Gasteiger partial charge in [0.1, 0.15) is 6.61 Å². The fourth-order valence-electron chi connectivity index (χ4n) is 0.268. The van der Waals surface area contributed by atoms with Crippen LogP contribution in [0.3, 0.4) is 0 Å². The molecule has 0 bridgehead atoms. The summed E-state index contributed by atoms with van der Waals surface area (Å²) in [5.74, 6) is -3.10. The largest absolute Gasteiger partial charge is 0.547 e. The summed E-state index contributed by atoms with van der Waals surface area (Å²) in [5.41, 5.74) is -2.57. The Morgan fingerprint density at radius 1 is 1.60 bits per heavy atom. The molecule has 0 radical (unpaired) electrons. The van der Waals surface area contributed by atoms with Gasteiger partial charge in [0.15, 0.2) is 11.4 Å². The lowest BCUT2D eigenvalue weighted by molar-refractivity contribution is -0.320. The second kappa shape index (κ2) is 2.76. The van der Waals surface area contributed by atoms with Crippen LogP contribution in [0.25, 0.3) is 0 Å². The van der Waals surface area contributed by atoms with E-state index in [0.29, 0.717) is 0 Å². The Kier molecular flexibility index (Phi) is 2.50. The van der Waals surface area contributed by atoms with Gasteiger partial charge in [-0.25, -0.2) is 0 Å². The Hall–Kier alpha value is -0.940. The van der Waals surface area contributed by atoms with E-state index in [-0.39, 0.29) is 0 Å². The smallest absolute Gasteiger partial charge is 0.195 e. The van der Waals surface area contributed by atoms with Gasteiger partial charge in [-0.3, -0.25) is 4.79 Å². The highest BCUT2D eigenvalue weighted by Crippen LogP contribution is 2.01. The van der Waals surface area contributed by atoms with Crippen LogP contribution in [0.4, 0.5) is 0 Å². The Morgan fingerprint density at radius 2 is 2.00 bits per heavy atom. The number of hydrogen-bond acceptors (Lipinski definition) is 5. The third-order valence-corrected chi connectivity index (χ3v) is 1.08. The molecule has 10 heavy (non-hydrogen) atoms. The molecule has 58 valence electrons. The van der Waals surface area contributed by atoms with Crippen molar-refractivity contribution in [1.29, 1.82) is 0 Å². The summed E-state index contributed by atoms with van der Waals surface area (Å²) in [6.07, 6.45) is 0. The van der Waals surface area contributed by atoms with Gasteiger partial charge in [0.2, 0.25) is 0 Å². The summed E-state index contributed by atoms with van der Waals surface area (Å²) in [5, 5.41) is 26.7. The van der Waals surface area contributed by atoms with Gasteiger partial charge in [-0.15, -0.1) is 0 Å². The van der Waals surface area contributed by atoms with E-state index < -0.39 is 24.0 Å². The van der Waals surface area contributed by atoms with Crippen LogP contribution in [0.2, 0.25) is 0 Å². The normalized spacial score (nSPS) is 15.9. The third-order valence-electron chi connectivity index (χ3n) is 1.08.